The normalized spacial score (nSPS) is 18.4. The van der Waals surface area contributed by atoms with Gasteiger partial charge < -0.3 is 19.3 Å². The van der Waals surface area contributed by atoms with Crippen LogP contribution in [0.1, 0.15) is 37.9 Å². The summed E-state index contributed by atoms with van der Waals surface area (Å²) in [5.41, 5.74) is 0. The topological polar surface area (TPSA) is 106 Å². The number of amides is 1. The van der Waals surface area contributed by atoms with Crippen molar-refractivity contribution < 1.29 is 24.0 Å². The van der Waals surface area contributed by atoms with Gasteiger partial charge >= 0.3 is 5.97 Å². The fraction of sp³-hybridized carbons (Fsp3) is 0.714. The smallest absolute Gasteiger partial charge is 0.334 e. The van der Waals surface area contributed by atoms with Gasteiger partial charge in [-0.2, -0.15) is 4.98 Å². The number of rotatable bonds is 7. The van der Waals surface area contributed by atoms with Crippen LogP contribution in [0.4, 0.5) is 0 Å². The lowest BCUT2D eigenvalue weighted by atomic mass is 10.2. The van der Waals surface area contributed by atoms with Crippen LogP contribution in [0.25, 0.3) is 0 Å². The molecule has 2 heterocycles. The maximum Gasteiger partial charge on any atom is 0.334 e. The Hall–Kier alpha value is -1.96. The molecule has 1 unspecified atom stereocenters. The second kappa shape index (κ2) is 7.88. The monoisotopic (exact) mass is 311 g/mol. The van der Waals surface area contributed by atoms with Crippen LogP contribution in [0.5, 0.6) is 0 Å². The van der Waals surface area contributed by atoms with E-state index < -0.39 is 12.1 Å². The number of carbonyl (C=O) groups is 2. The number of aliphatic carboxylic acids is 1. The maximum atomic E-state index is 12.1. The SMILES string of the molecule is CCCc1noc(CCCC(=O)N2CCOC(C(=O)O)C2)n1. The Morgan fingerprint density at radius 1 is 1.41 bits per heavy atom. The van der Waals surface area contributed by atoms with E-state index in [0.29, 0.717) is 37.5 Å². The standard InChI is InChI=1S/C14H21N3O5/c1-2-4-11-15-12(22-16-11)5-3-6-13(18)17-7-8-21-10(9-17)14(19)20/h10H,2-9H2,1H3,(H,19,20). The van der Waals surface area contributed by atoms with Crippen molar-refractivity contribution in [2.24, 2.45) is 0 Å². The van der Waals surface area contributed by atoms with Crippen LogP contribution in [0, 0.1) is 0 Å². The van der Waals surface area contributed by atoms with Crippen molar-refractivity contribution in [1.29, 1.82) is 0 Å². The largest absolute Gasteiger partial charge is 0.479 e. The van der Waals surface area contributed by atoms with Crippen molar-refractivity contribution >= 4 is 11.9 Å². The van der Waals surface area contributed by atoms with Gasteiger partial charge in [0.1, 0.15) is 0 Å². The maximum absolute atomic E-state index is 12.1. The summed E-state index contributed by atoms with van der Waals surface area (Å²) in [5, 5.41) is 12.8. The number of carbonyl (C=O) groups excluding carboxylic acids is 1. The van der Waals surface area contributed by atoms with Crippen molar-refractivity contribution in [3.05, 3.63) is 11.7 Å². The zero-order valence-corrected chi connectivity index (χ0v) is 12.7. The van der Waals surface area contributed by atoms with E-state index in [1.807, 2.05) is 6.92 Å². The second-order valence-electron chi connectivity index (χ2n) is 5.25. The lowest BCUT2D eigenvalue weighted by Crippen LogP contribution is -2.48. The summed E-state index contributed by atoms with van der Waals surface area (Å²) in [7, 11) is 0. The zero-order chi connectivity index (χ0) is 15.9. The number of aromatic nitrogens is 2. The third kappa shape index (κ3) is 4.52. The summed E-state index contributed by atoms with van der Waals surface area (Å²) in [6.45, 7) is 2.84. The average molecular weight is 311 g/mol. The average Bonchev–Trinajstić information content (AvgIpc) is 2.95. The van der Waals surface area contributed by atoms with Crippen molar-refractivity contribution in [2.75, 3.05) is 19.7 Å². The molecule has 0 aliphatic carbocycles. The molecule has 0 saturated carbocycles. The summed E-state index contributed by atoms with van der Waals surface area (Å²) in [6, 6.07) is 0. The van der Waals surface area contributed by atoms with E-state index in [2.05, 4.69) is 10.1 Å². The van der Waals surface area contributed by atoms with Gasteiger partial charge in [-0.15, -0.1) is 0 Å². The molecule has 1 fully saturated rings. The van der Waals surface area contributed by atoms with E-state index >= 15 is 0 Å². The fourth-order valence-electron chi connectivity index (χ4n) is 2.29. The third-order valence-electron chi connectivity index (χ3n) is 3.46. The zero-order valence-electron chi connectivity index (χ0n) is 12.7. The molecule has 1 aliphatic heterocycles. The minimum absolute atomic E-state index is 0.0668. The Morgan fingerprint density at radius 3 is 2.95 bits per heavy atom. The fourth-order valence-corrected chi connectivity index (χ4v) is 2.29. The lowest BCUT2D eigenvalue weighted by Gasteiger charge is -2.30. The molecule has 8 nitrogen and oxygen atoms in total. The highest BCUT2D eigenvalue weighted by molar-refractivity contribution is 5.78. The summed E-state index contributed by atoms with van der Waals surface area (Å²) in [6.07, 6.45) is 2.30. The molecule has 8 heteroatoms. The van der Waals surface area contributed by atoms with E-state index in [0.717, 1.165) is 12.8 Å². The Labute approximate surface area is 128 Å². The molecule has 1 aromatic rings. The Morgan fingerprint density at radius 2 is 2.23 bits per heavy atom. The first-order valence-electron chi connectivity index (χ1n) is 7.53. The number of nitrogens with zero attached hydrogens (tertiary/aromatic N) is 3. The van der Waals surface area contributed by atoms with Gasteiger partial charge in [-0.1, -0.05) is 12.1 Å². The molecule has 122 valence electrons. The van der Waals surface area contributed by atoms with Gasteiger partial charge in [-0.3, -0.25) is 4.79 Å². The molecule has 0 radical (unpaired) electrons. The van der Waals surface area contributed by atoms with Crippen molar-refractivity contribution in [3.63, 3.8) is 0 Å². The third-order valence-corrected chi connectivity index (χ3v) is 3.46. The van der Waals surface area contributed by atoms with Gasteiger partial charge in [0.05, 0.1) is 13.2 Å². The molecular formula is C14H21N3O5. The summed E-state index contributed by atoms with van der Waals surface area (Å²) >= 11 is 0. The minimum atomic E-state index is -1.04. The van der Waals surface area contributed by atoms with Gasteiger partial charge in [0.15, 0.2) is 11.9 Å². The van der Waals surface area contributed by atoms with Crippen molar-refractivity contribution in [3.8, 4) is 0 Å². The number of hydrogen-bond donors (Lipinski definition) is 1. The van der Waals surface area contributed by atoms with Crippen LogP contribution in [-0.2, 0) is 27.2 Å². The van der Waals surface area contributed by atoms with Crippen LogP contribution in [-0.4, -0.2) is 57.8 Å². The van der Waals surface area contributed by atoms with E-state index in [9.17, 15) is 9.59 Å². The molecule has 1 atom stereocenters. The second-order valence-corrected chi connectivity index (χ2v) is 5.25. The first-order chi connectivity index (χ1) is 10.6. The van der Waals surface area contributed by atoms with E-state index in [-0.39, 0.29) is 19.1 Å². The number of carboxylic acid groups (broad SMARTS) is 1. The molecule has 0 aromatic carbocycles. The Bertz CT molecular complexity index is 516. The molecule has 1 saturated heterocycles. The van der Waals surface area contributed by atoms with E-state index in [1.165, 1.54) is 0 Å². The van der Waals surface area contributed by atoms with Crippen molar-refractivity contribution in [2.45, 2.75) is 45.1 Å². The van der Waals surface area contributed by atoms with Gasteiger partial charge in [-0.05, 0) is 12.8 Å². The van der Waals surface area contributed by atoms with Crippen LogP contribution >= 0.6 is 0 Å². The Kier molecular flexibility index (Phi) is 5.88. The van der Waals surface area contributed by atoms with E-state index in [1.54, 1.807) is 4.90 Å². The van der Waals surface area contributed by atoms with Crippen molar-refractivity contribution in [1.82, 2.24) is 15.0 Å². The number of carboxylic acids is 1. The predicted octanol–water partition coefficient (Wildman–Crippen LogP) is 0.657. The highest BCUT2D eigenvalue weighted by Crippen LogP contribution is 2.10. The molecule has 0 spiro atoms. The minimum Gasteiger partial charge on any atom is -0.479 e. The van der Waals surface area contributed by atoms with Gasteiger partial charge in [0.25, 0.3) is 0 Å². The first kappa shape index (κ1) is 16.4. The molecular weight excluding hydrogens is 290 g/mol. The molecule has 1 N–H and O–H groups in total. The van der Waals surface area contributed by atoms with Crippen LogP contribution in [0.3, 0.4) is 0 Å². The number of ether oxygens (including phenoxy) is 1. The number of hydrogen-bond acceptors (Lipinski definition) is 6. The summed E-state index contributed by atoms with van der Waals surface area (Å²) in [4.78, 5) is 28.7. The number of morpholine rings is 1. The quantitative estimate of drug-likeness (QED) is 0.788. The van der Waals surface area contributed by atoms with Crippen LogP contribution in [0.15, 0.2) is 4.52 Å². The molecule has 2 rings (SSSR count). The molecule has 1 amide bonds. The summed E-state index contributed by atoms with van der Waals surface area (Å²) < 4.78 is 10.2. The van der Waals surface area contributed by atoms with Gasteiger partial charge in [0, 0.05) is 25.8 Å². The van der Waals surface area contributed by atoms with E-state index in [4.69, 9.17) is 14.4 Å². The summed E-state index contributed by atoms with van der Waals surface area (Å²) in [5.74, 6) is 0.137. The van der Waals surface area contributed by atoms with Crippen LogP contribution in [0.2, 0.25) is 0 Å². The lowest BCUT2D eigenvalue weighted by molar-refractivity contribution is -0.159. The van der Waals surface area contributed by atoms with Gasteiger partial charge in [-0.25, -0.2) is 4.79 Å². The Balaban J connectivity index is 1.73. The molecule has 22 heavy (non-hydrogen) atoms. The molecule has 0 bridgehead atoms. The molecule has 1 aromatic heterocycles. The van der Waals surface area contributed by atoms with Crippen LogP contribution < -0.4 is 0 Å². The highest BCUT2D eigenvalue weighted by atomic mass is 16.5. The molecule has 1 aliphatic rings. The highest BCUT2D eigenvalue weighted by Gasteiger charge is 2.28. The predicted molar refractivity (Wildman–Crippen MR) is 75.2 cm³/mol. The van der Waals surface area contributed by atoms with Gasteiger partial charge in [0.2, 0.25) is 11.8 Å². The number of aryl methyl sites for hydroxylation is 2. The first-order valence-corrected chi connectivity index (χ1v) is 7.53.